The third-order valence-electron chi connectivity index (χ3n) is 3.23. The number of carbonyl (C=O) groups excluding carboxylic acids is 1. The van der Waals surface area contributed by atoms with E-state index in [0.717, 1.165) is 6.54 Å². The van der Waals surface area contributed by atoms with Gasteiger partial charge in [-0.3, -0.25) is 4.79 Å². The molecule has 1 aliphatic heterocycles. The van der Waals surface area contributed by atoms with Gasteiger partial charge in [-0.1, -0.05) is 23.2 Å². The minimum atomic E-state index is -0.544. The molecule has 2 unspecified atom stereocenters. The normalized spacial score (nSPS) is 19.6. The van der Waals surface area contributed by atoms with Crippen molar-refractivity contribution in [2.24, 2.45) is 0 Å². The van der Waals surface area contributed by atoms with Crippen LogP contribution in [-0.4, -0.2) is 42.6 Å². The van der Waals surface area contributed by atoms with Gasteiger partial charge in [0.05, 0.1) is 10.0 Å². The molecule has 0 aromatic heterocycles. The maximum atomic E-state index is 12.3. The van der Waals surface area contributed by atoms with E-state index < -0.39 is 6.10 Å². The van der Waals surface area contributed by atoms with Crippen LogP contribution in [0.4, 0.5) is 0 Å². The topological polar surface area (TPSA) is 41.6 Å². The van der Waals surface area contributed by atoms with E-state index in [1.165, 1.54) is 0 Å². The smallest absolute Gasteiger partial charge is 0.263 e. The Morgan fingerprint density at radius 1 is 1.43 bits per heavy atom. The zero-order valence-electron chi connectivity index (χ0n) is 11.9. The van der Waals surface area contributed by atoms with Crippen LogP contribution in [0.15, 0.2) is 18.2 Å². The highest BCUT2D eigenvalue weighted by Gasteiger charge is 2.25. The van der Waals surface area contributed by atoms with Crippen LogP contribution in [-0.2, 0) is 4.79 Å². The minimum Gasteiger partial charge on any atom is -0.481 e. The van der Waals surface area contributed by atoms with Gasteiger partial charge < -0.3 is 15.0 Å². The lowest BCUT2D eigenvalue weighted by molar-refractivity contribution is -0.139. The number of amides is 1. The Morgan fingerprint density at radius 2 is 2.14 bits per heavy atom. The summed E-state index contributed by atoms with van der Waals surface area (Å²) < 4.78 is 5.65. The van der Waals surface area contributed by atoms with E-state index in [9.17, 15) is 4.79 Å². The van der Waals surface area contributed by atoms with Crippen LogP contribution in [0, 0.1) is 0 Å². The van der Waals surface area contributed by atoms with Gasteiger partial charge in [0.15, 0.2) is 6.10 Å². The highest BCUT2D eigenvalue weighted by atomic mass is 35.5. The van der Waals surface area contributed by atoms with E-state index in [-0.39, 0.29) is 18.3 Å². The first kappa shape index (κ1) is 18.4. The number of benzene rings is 1. The van der Waals surface area contributed by atoms with Crippen LogP contribution in [0.1, 0.15) is 13.8 Å². The summed E-state index contributed by atoms with van der Waals surface area (Å²) in [5, 5.41) is 4.19. The van der Waals surface area contributed by atoms with E-state index in [1.807, 2.05) is 4.90 Å². The van der Waals surface area contributed by atoms with Crippen molar-refractivity contribution in [1.29, 1.82) is 0 Å². The molecule has 118 valence electrons. The Balaban J connectivity index is 0.00000220. The zero-order valence-corrected chi connectivity index (χ0v) is 14.3. The highest BCUT2D eigenvalue weighted by molar-refractivity contribution is 6.42. The Morgan fingerprint density at radius 3 is 2.76 bits per heavy atom. The molecule has 0 bridgehead atoms. The fourth-order valence-corrected chi connectivity index (χ4v) is 2.48. The van der Waals surface area contributed by atoms with Crippen molar-refractivity contribution in [3.05, 3.63) is 28.2 Å². The van der Waals surface area contributed by atoms with E-state index >= 15 is 0 Å². The molecule has 2 atom stereocenters. The summed E-state index contributed by atoms with van der Waals surface area (Å²) in [5.74, 6) is 0.535. The van der Waals surface area contributed by atoms with E-state index in [1.54, 1.807) is 25.1 Å². The van der Waals surface area contributed by atoms with Crippen molar-refractivity contribution >= 4 is 41.5 Å². The van der Waals surface area contributed by atoms with Gasteiger partial charge in [0.2, 0.25) is 0 Å². The fraction of sp³-hybridized carbons (Fsp3) is 0.500. The molecule has 1 amide bonds. The van der Waals surface area contributed by atoms with Gasteiger partial charge in [-0.15, -0.1) is 12.4 Å². The number of piperazine rings is 1. The average molecular weight is 354 g/mol. The molecule has 0 radical (unpaired) electrons. The summed E-state index contributed by atoms with van der Waals surface area (Å²) in [6.07, 6.45) is -0.544. The molecule has 1 N–H and O–H groups in total. The Hall–Kier alpha value is -0.680. The van der Waals surface area contributed by atoms with Crippen molar-refractivity contribution < 1.29 is 9.53 Å². The number of rotatable bonds is 3. The predicted molar refractivity (Wildman–Crippen MR) is 87.8 cm³/mol. The van der Waals surface area contributed by atoms with E-state index in [2.05, 4.69) is 12.2 Å². The molecular weight excluding hydrogens is 335 g/mol. The summed E-state index contributed by atoms with van der Waals surface area (Å²) in [7, 11) is 0. The quantitative estimate of drug-likeness (QED) is 0.908. The van der Waals surface area contributed by atoms with Crippen LogP contribution in [0.3, 0.4) is 0 Å². The molecule has 1 aliphatic rings. The number of nitrogens with one attached hydrogen (secondary N) is 1. The minimum absolute atomic E-state index is 0. The van der Waals surface area contributed by atoms with Gasteiger partial charge in [-0.2, -0.15) is 0 Å². The largest absolute Gasteiger partial charge is 0.481 e. The Bertz CT molecular complexity index is 499. The maximum absolute atomic E-state index is 12.3. The van der Waals surface area contributed by atoms with Crippen molar-refractivity contribution in [1.82, 2.24) is 10.2 Å². The molecule has 4 nitrogen and oxygen atoms in total. The predicted octanol–water partition coefficient (Wildman–Crippen LogP) is 3.00. The SMILES string of the molecule is CC1CN(C(=O)C(C)Oc2ccc(Cl)c(Cl)c2)CCN1.Cl. The van der Waals surface area contributed by atoms with Crippen molar-refractivity contribution in [2.75, 3.05) is 19.6 Å². The van der Waals surface area contributed by atoms with Gasteiger partial charge in [0.25, 0.3) is 5.91 Å². The third-order valence-corrected chi connectivity index (χ3v) is 3.97. The van der Waals surface area contributed by atoms with Crippen LogP contribution < -0.4 is 10.1 Å². The second-order valence-corrected chi connectivity index (χ2v) is 5.79. The summed E-state index contributed by atoms with van der Waals surface area (Å²) >= 11 is 11.8. The van der Waals surface area contributed by atoms with Gasteiger partial charge in [0.1, 0.15) is 5.75 Å². The summed E-state index contributed by atoms with van der Waals surface area (Å²) in [6.45, 7) is 6.03. The monoisotopic (exact) mass is 352 g/mol. The van der Waals surface area contributed by atoms with Crippen molar-refractivity contribution in [2.45, 2.75) is 26.0 Å². The Labute approximate surface area is 141 Å². The molecule has 0 saturated carbocycles. The van der Waals surface area contributed by atoms with E-state index in [0.29, 0.717) is 34.9 Å². The molecule has 7 heteroatoms. The van der Waals surface area contributed by atoms with Gasteiger partial charge >= 0.3 is 0 Å². The van der Waals surface area contributed by atoms with Crippen LogP contribution >= 0.6 is 35.6 Å². The second-order valence-electron chi connectivity index (χ2n) is 4.98. The van der Waals surface area contributed by atoms with E-state index in [4.69, 9.17) is 27.9 Å². The lowest BCUT2D eigenvalue weighted by Crippen LogP contribution is -2.54. The molecule has 1 heterocycles. The number of hydrogen-bond acceptors (Lipinski definition) is 3. The first-order valence-corrected chi connectivity index (χ1v) is 7.37. The second kappa shape index (κ2) is 8.08. The van der Waals surface area contributed by atoms with Gasteiger partial charge in [-0.05, 0) is 26.0 Å². The Kier molecular flexibility index (Phi) is 7.07. The molecular formula is C14H19Cl3N2O2. The number of nitrogens with zero attached hydrogens (tertiary/aromatic N) is 1. The molecule has 1 aromatic carbocycles. The average Bonchev–Trinajstić information content (AvgIpc) is 2.42. The number of carbonyl (C=O) groups is 1. The molecule has 1 saturated heterocycles. The first-order valence-electron chi connectivity index (χ1n) is 6.61. The highest BCUT2D eigenvalue weighted by Crippen LogP contribution is 2.27. The summed E-state index contributed by atoms with van der Waals surface area (Å²) in [6, 6.07) is 5.29. The zero-order chi connectivity index (χ0) is 14.7. The molecule has 0 spiro atoms. The molecule has 1 fully saturated rings. The summed E-state index contributed by atoms with van der Waals surface area (Å²) in [4.78, 5) is 14.1. The van der Waals surface area contributed by atoms with Crippen molar-refractivity contribution in [3.63, 3.8) is 0 Å². The summed E-state index contributed by atoms with van der Waals surface area (Å²) in [5.41, 5.74) is 0. The number of ether oxygens (including phenoxy) is 1. The lowest BCUT2D eigenvalue weighted by Gasteiger charge is -2.33. The number of hydrogen-bond donors (Lipinski definition) is 1. The molecule has 1 aromatic rings. The standard InChI is InChI=1S/C14H18Cl2N2O2.ClH/c1-9-8-18(6-5-17-9)14(19)10(2)20-11-3-4-12(15)13(16)7-11;/h3-4,7,9-10,17H,5-6,8H2,1-2H3;1H. The molecule has 21 heavy (non-hydrogen) atoms. The number of halogens is 3. The third kappa shape index (κ3) is 4.92. The first-order chi connectivity index (χ1) is 9.47. The van der Waals surface area contributed by atoms with Gasteiger partial charge in [-0.25, -0.2) is 0 Å². The van der Waals surface area contributed by atoms with Crippen LogP contribution in [0.5, 0.6) is 5.75 Å². The lowest BCUT2D eigenvalue weighted by atomic mass is 10.2. The van der Waals surface area contributed by atoms with Crippen molar-refractivity contribution in [3.8, 4) is 5.75 Å². The fourth-order valence-electron chi connectivity index (χ4n) is 2.19. The van der Waals surface area contributed by atoms with Crippen LogP contribution in [0.25, 0.3) is 0 Å². The van der Waals surface area contributed by atoms with Crippen LogP contribution in [0.2, 0.25) is 10.0 Å². The molecule has 0 aliphatic carbocycles. The van der Waals surface area contributed by atoms with Gasteiger partial charge in [0, 0.05) is 31.7 Å². The maximum Gasteiger partial charge on any atom is 0.263 e. The molecule has 2 rings (SSSR count).